The Morgan fingerprint density at radius 3 is 2.74 bits per heavy atom. The maximum atomic E-state index is 12.6. The van der Waals surface area contributed by atoms with Gasteiger partial charge >= 0.3 is 6.18 Å². The number of carbonyl (C=O) groups is 1. The van der Waals surface area contributed by atoms with E-state index in [1.165, 1.54) is 12.1 Å². The molecule has 0 unspecified atom stereocenters. The van der Waals surface area contributed by atoms with Gasteiger partial charge in [-0.2, -0.15) is 18.3 Å². The molecule has 0 aliphatic rings. The minimum Gasteiger partial charge on any atom is -0.365 e. The number of alkyl halides is 3. The van der Waals surface area contributed by atoms with Gasteiger partial charge in [-0.15, -0.1) is 0 Å². The van der Waals surface area contributed by atoms with Gasteiger partial charge in [0.2, 0.25) is 0 Å². The number of rotatable bonds is 4. The molecule has 122 valence electrons. The molecule has 2 rings (SSSR count). The Kier molecular flexibility index (Phi) is 4.99. The van der Waals surface area contributed by atoms with E-state index in [-0.39, 0.29) is 5.56 Å². The van der Waals surface area contributed by atoms with Crippen molar-refractivity contribution in [1.82, 2.24) is 10.4 Å². The molecule has 23 heavy (non-hydrogen) atoms. The van der Waals surface area contributed by atoms with Gasteiger partial charge in [0.05, 0.1) is 17.5 Å². The SMILES string of the molecule is CNc1nc(C)c(C(=O)N/N=C/c2cccc(C(F)(F)F)c2)s1. The number of hydrogen-bond acceptors (Lipinski definition) is 5. The second kappa shape index (κ2) is 6.78. The van der Waals surface area contributed by atoms with Crippen molar-refractivity contribution in [2.75, 3.05) is 12.4 Å². The van der Waals surface area contributed by atoms with Crippen LogP contribution in [0.5, 0.6) is 0 Å². The summed E-state index contributed by atoms with van der Waals surface area (Å²) in [6.45, 7) is 1.68. The maximum absolute atomic E-state index is 12.6. The lowest BCUT2D eigenvalue weighted by Crippen LogP contribution is -2.17. The fraction of sp³-hybridized carbons (Fsp3) is 0.214. The molecule has 1 aromatic heterocycles. The van der Waals surface area contributed by atoms with E-state index in [0.717, 1.165) is 29.7 Å². The van der Waals surface area contributed by atoms with Crippen molar-refractivity contribution < 1.29 is 18.0 Å². The summed E-state index contributed by atoms with van der Waals surface area (Å²) in [5.74, 6) is -0.468. The highest BCUT2D eigenvalue weighted by Crippen LogP contribution is 2.29. The van der Waals surface area contributed by atoms with Crippen LogP contribution in [-0.4, -0.2) is 24.2 Å². The number of aromatic nitrogens is 1. The van der Waals surface area contributed by atoms with Crippen molar-refractivity contribution >= 4 is 28.6 Å². The number of amides is 1. The van der Waals surface area contributed by atoms with E-state index >= 15 is 0 Å². The number of benzene rings is 1. The average molecular weight is 342 g/mol. The minimum atomic E-state index is -4.42. The molecule has 0 bridgehead atoms. The molecule has 0 aliphatic carbocycles. The molecule has 2 N–H and O–H groups in total. The standard InChI is InChI=1S/C14H13F3N4OS/c1-8-11(23-13(18-2)20-8)12(22)21-19-7-9-4-3-5-10(6-9)14(15,16)17/h3-7H,1-2H3,(H,18,20)(H,21,22)/b19-7+. The fourth-order valence-corrected chi connectivity index (χ4v) is 2.54. The van der Waals surface area contributed by atoms with Crippen molar-refractivity contribution in [2.24, 2.45) is 5.10 Å². The van der Waals surface area contributed by atoms with Gasteiger partial charge in [0, 0.05) is 7.05 Å². The molecule has 0 aliphatic heterocycles. The van der Waals surface area contributed by atoms with E-state index in [4.69, 9.17) is 0 Å². The van der Waals surface area contributed by atoms with E-state index in [2.05, 4.69) is 20.8 Å². The molecular weight excluding hydrogens is 329 g/mol. The summed E-state index contributed by atoms with van der Waals surface area (Å²) in [4.78, 5) is 16.5. The summed E-state index contributed by atoms with van der Waals surface area (Å²) in [5.41, 5.74) is 2.28. The maximum Gasteiger partial charge on any atom is 0.416 e. The third-order valence-electron chi connectivity index (χ3n) is 2.81. The smallest absolute Gasteiger partial charge is 0.365 e. The molecule has 0 saturated heterocycles. The van der Waals surface area contributed by atoms with Crippen LogP contribution in [0.1, 0.15) is 26.5 Å². The third kappa shape index (κ3) is 4.28. The summed E-state index contributed by atoms with van der Waals surface area (Å²) in [6.07, 6.45) is -3.26. The number of carbonyl (C=O) groups excluding carboxylic acids is 1. The monoisotopic (exact) mass is 342 g/mol. The van der Waals surface area contributed by atoms with Gasteiger partial charge in [0.25, 0.3) is 5.91 Å². The molecular formula is C14H13F3N4OS. The molecule has 0 spiro atoms. The second-order valence-electron chi connectivity index (χ2n) is 4.51. The first-order valence-electron chi connectivity index (χ1n) is 6.47. The van der Waals surface area contributed by atoms with E-state index in [1.54, 1.807) is 14.0 Å². The largest absolute Gasteiger partial charge is 0.416 e. The highest BCUT2D eigenvalue weighted by molar-refractivity contribution is 7.17. The summed E-state index contributed by atoms with van der Waals surface area (Å²) < 4.78 is 37.8. The van der Waals surface area contributed by atoms with Crippen LogP contribution in [0, 0.1) is 6.92 Å². The molecule has 0 atom stereocenters. The lowest BCUT2D eigenvalue weighted by Gasteiger charge is -2.06. The normalized spacial score (nSPS) is 11.7. The molecule has 0 saturated carbocycles. The first kappa shape index (κ1) is 16.9. The summed E-state index contributed by atoms with van der Waals surface area (Å²) >= 11 is 1.16. The Labute approximate surface area is 134 Å². The Morgan fingerprint density at radius 1 is 1.39 bits per heavy atom. The lowest BCUT2D eigenvalue weighted by atomic mass is 10.1. The van der Waals surface area contributed by atoms with E-state index < -0.39 is 17.6 Å². The Morgan fingerprint density at radius 2 is 2.13 bits per heavy atom. The lowest BCUT2D eigenvalue weighted by molar-refractivity contribution is -0.137. The first-order chi connectivity index (χ1) is 10.8. The molecule has 9 heteroatoms. The number of anilines is 1. The Bertz CT molecular complexity index is 740. The predicted molar refractivity (Wildman–Crippen MR) is 82.9 cm³/mol. The van der Waals surface area contributed by atoms with Crippen LogP contribution in [0.15, 0.2) is 29.4 Å². The number of nitrogens with one attached hydrogen (secondary N) is 2. The van der Waals surface area contributed by atoms with Crippen LogP contribution < -0.4 is 10.7 Å². The van der Waals surface area contributed by atoms with E-state index in [9.17, 15) is 18.0 Å². The zero-order valence-corrected chi connectivity index (χ0v) is 13.0. The number of nitrogens with zero attached hydrogens (tertiary/aromatic N) is 2. The van der Waals surface area contributed by atoms with Gasteiger partial charge in [-0.25, -0.2) is 10.4 Å². The van der Waals surface area contributed by atoms with Crippen LogP contribution in [0.3, 0.4) is 0 Å². The van der Waals surface area contributed by atoms with Crippen molar-refractivity contribution in [3.05, 3.63) is 46.0 Å². The van der Waals surface area contributed by atoms with Crippen LogP contribution in [0.4, 0.5) is 18.3 Å². The van der Waals surface area contributed by atoms with Crippen molar-refractivity contribution in [2.45, 2.75) is 13.1 Å². The number of thiazole rings is 1. The molecule has 5 nitrogen and oxygen atoms in total. The Balaban J connectivity index is 2.06. The minimum absolute atomic E-state index is 0.233. The predicted octanol–water partition coefficient (Wildman–Crippen LogP) is 3.28. The quantitative estimate of drug-likeness (QED) is 0.662. The number of hydrazone groups is 1. The van der Waals surface area contributed by atoms with E-state index in [1.807, 2.05) is 0 Å². The van der Waals surface area contributed by atoms with Gasteiger partial charge < -0.3 is 5.32 Å². The summed E-state index contributed by atoms with van der Waals surface area (Å²) in [5, 5.41) is 7.10. The molecule has 1 aromatic carbocycles. The number of aryl methyl sites for hydroxylation is 1. The van der Waals surface area contributed by atoms with Crippen molar-refractivity contribution in [1.29, 1.82) is 0 Å². The molecule has 2 aromatic rings. The molecule has 1 amide bonds. The van der Waals surface area contributed by atoms with Crippen molar-refractivity contribution in [3.63, 3.8) is 0 Å². The van der Waals surface area contributed by atoms with Crippen molar-refractivity contribution in [3.8, 4) is 0 Å². The topological polar surface area (TPSA) is 66.4 Å². The zero-order valence-electron chi connectivity index (χ0n) is 12.2. The second-order valence-corrected chi connectivity index (χ2v) is 5.50. The van der Waals surface area contributed by atoms with Crippen LogP contribution in [0.2, 0.25) is 0 Å². The summed E-state index contributed by atoms with van der Waals surface area (Å²) in [7, 11) is 1.69. The van der Waals surface area contributed by atoms with Crippen LogP contribution in [-0.2, 0) is 6.18 Å². The Hall–Kier alpha value is -2.42. The zero-order chi connectivity index (χ0) is 17.0. The molecule has 0 radical (unpaired) electrons. The van der Waals surface area contributed by atoms with Crippen LogP contribution >= 0.6 is 11.3 Å². The number of halogens is 3. The highest BCUT2D eigenvalue weighted by Gasteiger charge is 2.30. The van der Waals surface area contributed by atoms with Gasteiger partial charge in [-0.1, -0.05) is 23.5 Å². The summed E-state index contributed by atoms with van der Waals surface area (Å²) in [6, 6.07) is 4.66. The van der Waals surface area contributed by atoms with Gasteiger partial charge in [-0.05, 0) is 24.6 Å². The number of hydrogen-bond donors (Lipinski definition) is 2. The molecule has 0 fully saturated rings. The third-order valence-corrected chi connectivity index (χ3v) is 3.98. The van der Waals surface area contributed by atoms with Gasteiger partial charge in [0.15, 0.2) is 5.13 Å². The average Bonchev–Trinajstić information content (AvgIpc) is 2.88. The molecule has 1 heterocycles. The van der Waals surface area contributed by atoms with E-state index in [0.29, 0.717) is 15.7 Å². The first-order valence-corrected chi connectivity index (χ1v) is 7.28. The van der Waals surface area contributed by atoms with Gasteiger partial charge in [-0.3, -0.25) is 4.79 Å². The fourth-order valence-electron chi connectivity index (χ4n) is 1.73. The van der Waals surface area contributed by atoms with Gasteiger partial charge in [0.1, 0.15) is 4.88 Å². The highest BCUT2D eigenvalue weighted by atomic mass is 32.1. The van der Waals surface area contributed by atoms with Crippen LogP contribution in [0.25, 0.3) is 0 Å².